The molecule has 0 saturated carbocycles. The lowest BCUT2D eigenvalue weighted by molar-refractivity contribution is -0.385. The maximum absolute atomic E-state index is 11.0. The summed E-state index contributed by atoms with van der Waals surface area (Å²) in [6.07, 6.45) is 2.55. The molecule has 5 nitrogen and oxygen atoms in total. The molecule has 5 heteroatoms. The Bertz CT molecular complexity index is 470. The van der Waals surface area contributed by atoms with Crippen LogP contribution in [0.5, 0.6) is 0 Å². The molecule has 116 valence electrons. The maximum atomic E-state index is 11.0. The molecule has 1 atom stereocenters. The monoisotopic (exact) mass is 291 g/mol. The highest BCUT2D eigenvalue weighted by molar-refractivity contribution is 5.41. The van der Waals surface area contributed by atoms with Crippen LogP contribution >= 0.6 is 0 Å². The third-order valence-corrected chi connectivity index (χ3v) is 4.35. The van der Waals surface area contributed by atoms with Crippen molar-refractivity contribution in [2.45, 2.75) is 32.7 Å². The highest BCUT2D eigenvalue weighted by Gasteiger charge is 2.18. The molecule has 0 radical (unpaired) electrons. The molecule has 1 aliphatic heterocycles. The fourth-order valence-electron chi connectivity index (χ4n) is 2.85. The normalized spacial score (nSPS) is 18.6. The summed E-state index contributed by atoms with van der Waals surface area (Å²) in [5, 5.41) is 14.5. The predicted octanol–water partition coefficient (Wildman–Crippen LogP) is 2.98. The van der Waals surface area contributed by atoms with Crippen LogP contribution in [0.4, 0.5) is 5.69 Å². The third-order valence-electron chi connectivity index (χ3n) is 4.35. The zero-order valence-corrected chi connectivity index (χ0v) is 12.9. The molecule has 1 heterocycles. The Morgan fingerprint density at radius 3 is 2.71 bits per heavy atom. The molecule has 1 unspecified atom stereocenters. The van der Waals surface area contributed by atoms with Gasteiger partial charge in [0.05, 0.1) is 4.92 Å². The average molecular weight is 291 g/mol. The number of hydrogen-bond donors (Lipinski definition) is 1. The Kier molecular flexibility index (Phi) is 5.70. The summed E-state index contributed by atoms with van der Waals surface area (Å²) in [4.78, 5) is 13.2. The summed E-state index contributed by atoms with van der Waals surface area (Å²) in [6.45, 7) is 8.51. The summed E-state index contributed by atoms with van der Waals surface area (Å²) in [5.41, 5.74) is 0.957. The number of hydrogen-bond acceptors (Lipinski definition) is 4. The highest BCUT2D eigenvalue weighted by Crippen LogP contribution is 2.24. The van der Waals surface area contributed by atoms with Crippen LogP contribution in [0.1, 0.15) is 38.3 Å². The second-order valence-electron chi connectivity index (χ2n) is 6.02. The maximum Gasteiger partial charge on any atom is 0.274 e. The van der Waals surface area contributed by atoms with Gasteiger partial charge < -0.3 is 10.2 Å². The Morgan fingerprint density at radius 1 is 1.38 bits per heavy atom. The number of nitrogens with one attached hydrogen (secondary N) is 1. The average Bonchev–Trinajstić information content (AvgIpc) is 2.49. The first kappa shape index (κ1) is 15.9. The van der Waals surface area contributed by atoms with E-state index in [4.69, 9.17) is 0 Å². The van der Waals surface area contributed by atoms with Gasteiger partial charge in [-0.15, -0.1) is 0 Å². The molecular formula is C16H25N3O2. The minimum atomic E-state index is -0.306. The van der Waals surface area contributed by atoms with Crippen LogP contribution in [0.25, 0.3) is 0 Å². The largest absolute Gasteiger partial charge is 0.309 e. The standard InChI is InChI=1S/C16H25N3O2/c1-13-7-10-18(11-8-13)12-9-17-14(2)15-5-3-4-6-16(15)19(20)21/h3-6,13-14,17H,7-12H2,1-2H3. The quantitative estimate of drug-likeness (QED) is 0.646. The Morgan fingerprint density at radius 2 is 2.05 bits per heavy atom. The summed E-state index contributed by atoms with van der Waals surface area (Å²) in [5.74, 6) is 0.847. The van der Waals surface area contributed by atoms with E-state index in [1.165, 1.54) is 25.9 Å². The number of benzene rings is 1. The van der Waals surface area contributed by atoms with Gasteiger partial charge in [0.15, 0.2) is 0 Å². The summed E-state index contributed by atoms with van der Waals surface area (Å²) >= 11 is 0. The van der Waals surface area contributed by atoms with Crippen molar-refractivity contribution in [1.82, 2.24) is 10.2 Å². The number of nitro groups is 1. The molecule has 0 spiro atoms. The van der Waals surface area contributed by atoms with Gasteiger partial charge in [-0.25, -0.2) is 0 Å². The summed E-state index contributed by atoms with van der Waals surface area (Å²) in [7, 11) is 0. The summed E-state index contributed by atoms with van der Waals surface area (Å²) < 4.78 is 0. The second kappa shape index (κ2) is 7.52. The smallest absolute Gasteiger partial charge is 0.274 e. The van der Waals surface area contributed by atoms with Crippen molar-refractivity contribution in [3.8, 4) is 0 Å². The van der Waals surface area contributed by atoms with Gasteiger partial charge in [-0.05, 0) is 38.8 Å². The molecule has 1 aromatic carbocycles. The van der Waals surface area contributed by atoms with Crippen LogP contribution in [-0.4, -0.2) is 36.0 Å². The summed E-state index contributed by atoms with van der Waals surface area (Å²) in [6, 6.07) is 6.96. The Hall–Kier alpha value is -1.46. The van der Waals surface area contributed by atoms with Crippen LogP contribution in [0, 0.1) is 16.0 Å². The van der Waals surface area contributed by atoms with Crippen LogP contribution in [0.2, 0.25) is 0 Å². The first-order valence-corrected chi connectivity index (χ1v) is 7.77. The van der Waals surface area contributed by atoms with Gasteiger partial charge in [0.25, 0.3) is 5.69 Å². The molecule has 1 aromatic rings. The van der Waals surface area contributed by atoms with Crippen LogP contribution in [0.15, 0.2) is 24.3 Å². The van der Waals surface area contributed by atoms with Crippen molar-refractivity contribution in [1.29, 1.82) is 0 Å². The number of para-hydroxylation sites is 1. The molecule has 0 aliphatic carbocycles. The first-order chi connectivity index (χ1) is 10.1. The number of piperidine rings is 1. The SMILES string of the molecule is CC1CCN(CCNC(C)c2ccccc2[N+](=O)[O-])CC1. The van der Waals surface area contributed by atoms with Crippen molar-refractivity contribution in [3.63, 3.8) is 0 Å². The molecule has 1 saturated heterocycles. The molecule has 0 amide bonds. The third kappa shape index (κ3) is 4.51. The van der Waals surface area contributed by atoms with Crippen molar-refractivity contribution in [3.05, 3.63) is 39.9 Å². The minimum Gasteiger partial charge on any atom is -0.309 e. The zero-order chi connectivity index (χ0) is 15.2. The molecule has 2 rings (SSSR count). The van der Waals surface area contributed by atoms with E-state index in [9.17, 15) is 10.1 Å². The molecule has 1 aliphatic rings. The van der Waals surface area contributed by atoms with Crippen molar-refractivity contribution >= 4 is 5.69 Å². The molecular weight excluding hydrogens is 266 g/mol. The van der Waals surface area contributed by atoms with Crippen molar-refractivity contribution in [2.24, 2.45) is 5.92 Å². The Labute approximate surface area is 126 Å². The number of likely N-dealkylation sites (tertiary alicyclic amines) is 1. The zero-order valence-electron chi connectivity index (χ0n) is 12.9. The number of nitrogens with zero attached hydrogens (tertiary/aromatic N) is 2. The van der Waals surface area contributed by atoms with Gasteiger partial charge in [0.1, 0.15) is 0 Å². The fraction of sp³-hybridized carbons (Fsp3) is 0.625. The van der Waals surface area contributed by atoms with E-state index >= 15 is 0 Å². The van der Waals surface area contributed by atoms with E-state index in [1.54, 1.807) is 12.1 Å². The lowest BCUT2D eigenvalue weighted by Gasteiger charge is -2.30. The topological polar surface area (TPSA) is 58.4 Å². The number of nitro benzene ring substituents is 1. The van der Waals surface area contributed by atoms with E-state index in [-0.39, 0.29) is 16.7 Å². The van der Waals surface area contributed by atoms with Gasteiger partial charge in [0, 0.05) is 30.8 Å². The molecule has 1 fully saturated rings. The van der Waals surface area contributed by atoms with E-state index in [2.05, 4.69) is 17.1 Å². The van der Waals surface area contributed by atoms with Crippen molar-refractivity contribution in [2.75, 3.05) is 26.2 Å². The first-order valence-electron chi connectivity index (χ1n) is 7.77. The fourth-order valence-corrected chi connectivity index (χ4v) is 2.85. The highest BCUT2D eigenvalue weighted by atomic mass is 16.6. The van der Waals surface area contributed by atoms with E-state index in [0.29, 0.717) is 0 Å². The lowest BCUT2D eigenvalue weighted by Crippen LogP contribution is -2.38. The second-order valence-corrected chi connectivity index (χ2v) is 6.02. The van der Waals surface area contributed by atoms with Gasteiger partial charge in [-0.2, -0.15) is 0 Å². The van der Waals surface area contributed by atoms with E-state index < -0.39 is 0 Å². The van der Waals surface area contributed by atoms with Gasteiger partial charge >= 0.3 is 0 Å². The minimum absolute atomic E-state index is 0.00434. The Balaban J connectivity index is 1.82. The van der Waals surface area contributed by atoms with Gasteiger partial charge in [0.2, 0.25) is 0 Å². The van der Waals surface area contributed by atoms with Crippen LogP contribution in [-0.2, 0) is 0 Å². The van der Waals surface area contributed by atoms with Crippen LogP contribution < -0.4 is 5.32 Å². The van der Waals surface area contributed by atoms with Crippen LogP contribution in [0.3, 0.4) is 0 Å². The molecule has 21 heavy (non-hydrogen) atoms. The van der Waals surface area contributed by atoms with Gasteiger partial charge in [-0.1, -0.05) is 25.1 Å². The van der Waals surface area contributed by atoms with E-state index in [1.807, 2.05) is 19.1 Å². The molecule has 0 bridgehead atoms. The number of rotatable bonds is 6. The van der Waals surface area contributed by atoms with Gasteiger partial charge in [-0.3, -0.25) is 10.1 Å². The lowest BCUT2D eigenvalue weighted by atomic mass is 9.99. The van der Waals surface area contributed by atoms with Crippen molar-refractivity contribution < 1.29 is 4.92 Å². The molecule has 0 aromatic heterocycles. The van der Waals surface area contributed by atoms with E-state index in [0.717, 1.165) is 24.6 Å². The molecule has 1 N–H and O–H groups in total. The predicted molar refractivity (Wildman–Crippen MR) is 84.4 cm³/mol.